The van der Waals surface area contributed by atoms with E-state index in [4.69, 9.17) is 27.9 Å². The van der Waals surface area contributed by atoms with E-state index in [1.807, 2.05) is 0 Å². The average Bonchev–Trinajstić information content (AvgIpc) is 2.51. The Labute approximate surface area is 150 Å². The molecule has 0 unspecified atom stereocenters. The van der Waals surface area contributed by atoms with Gasteiger partial charge in [0.05, 0.1) is 24.4 Å². The van der Waals surface area contributed by atoms with Gasteiger partial charge in [-0.15, -0.1) is 0 Å². The van der Waals surface area contributed by atoms with Gasteiger partial charge in [0.1, 0.15) is 0 Å². The number of hydrogen-bond donors (Lipinski definition) is 1. The van der Waals surface area contributed by atoms with E-state index in [0.29, 0.717) is 22.3 Å². The third-order valence-electron chi connectivity index (χ3n) is 3.28. The largest absolute Gasteiger partial charge is 0.494 e. The van der Waals surface area contributed by atoms with Crippen molar-refractivity contribution in [1.82, 2.24) is 4.90 Å². The Balaban J connectivity index is 1.94. The summed E-state index contributed by atoms with van der Waals surface area (Å²) in [6.45, 7) is 0.536. The van der Waals surface area contributed by atoms with Crippen molar-refractivity contribution in [1.29, 1.82) is 0 Å². The number of carbonyl (C=O) groups is 1. The molecule has 0 atom stereocenters. The molecule has 0 aliphatic heterocycles. The lowest BCUT2D eigenvalue weighted by molar-refractivity contribution is -0.117. The molecule has 0 radical (unpaired) electrons. The molecule has 0 heterocycles. The average molecular weight is 371 g/mol. The first-order valence-electron chi connectivity index (χ1n) is 7.15. The highest BCUT2D eigenvalue weighted by Crippen LogP contribution is 2.25. The molecule has 0 bridgehead atoms. The number of halogens is 3. The van der Waals surface area contributed by atoms with Crippen LogP contribution in [0.3, 0.4) is 0 Å². The minimum atomic E-state index is -0.432. The van der Waals surface area contributed by atoms with Gasteiger partial charge in [-0.25, -0.2) is 4.39 Å². The molecule has 128 valence electrons. The fourth-order valence-corrected chi connectivity index (χ4v) is 2.54. The summed E-state index contributed by atoms with van der Waals surface area (Å²) in [7, 11) is 3.18. The maximum atomic E-state index is 13.7. The third kappa shape index (κ3) is 5.09. The van der Waals surface area contributed by atoms with Gasteiger partial charge in [0.15, 0.2) is 11.6 Å². The molecule has 0 spiro atoms. The first-order valence-corrected chi connectivity index (χ1v) is 7.90. The molecular formula is C17H17Cl2FN2O2. The summed E-state index contributed by atoms with van der Waals surface area (Å²) < 4.78 is 18.6. The van der Waals surface area contributed by atoms with Gasteiger partial charge in [-0.2, -0.15) is 0 Å². The molecule has 2 aromatic carbocycles. The first kappa shape index (κ1) is 18.5. The van der Waals surface area contributed by atoms with Gasteiger partial charge in [-0.05, 0) is 42.9 Å². The second-order valence-corrected chi connectivity index (χ2v) is 6.16. The van der Waals surface area contributed by atoms with Crippen molar-refractivity contribution in [3.63, 3.8) is 0 Å². The molecular weight excluding hydrogens is 354 g/mol. The van der Waals surface area contributed by atoms with Crippen LogP contribution in [0.2, 0.25) is 10.0 Å². The maximum absolute atomic E-state index is 13.7. The monoisotopic (exact) mass is 370 g/mol. The van der Waals surface area contributed by atoms with E-state index in [1.165, 1.54) is 13.2 Å². The number of benzene rings is 2. The predicted molar refractivity (Wildman–Crippen MR) is 94.4 cm³/mol. The first-order chi connectivity index (χ1) is 11.4. The molecule has 0 aromatic heterocycles. The van der Waals surface area contributed by atoms with E-state index in [2.05, 4.69) is 5.32 Å². The molecule has 1 amide bonds. The molecule has 4 nitrogen and oxygen atoms in total. The van der Waals surface area contributed by atoms with Crippen LogP contribution in [0.15, 0.2) is 36.4 Å². The van der Waals surface area contributed by atoms with Crippen molar-refractivity contribution < 1.29 is 13.9 Å². The molecule has 24 heavy (non-hydrogen) atoms. The number of carbonyl (C=O) groups excluding carboxylic acids is 1. The smallest absolute Gasteiger partial charge is 0.238 e. The van der Waals surface area contributed by atoms with Crippen LogP contribution < -0.4 is 10.1 Å². The fourth-order valence-electron chi connectivity index (χ4n) is 2.20. The standard InChI is InChI=1S/C17H17Cl2FN2O2/c1-22(9-11-3-6-16(24-2)14(20)7-11)10-17(23)21-15-8-12(18)4-5-13(15)19/h3-8H,9-10H2,1-2H3,(H,21,23). The molecule has 0 aliphatic carbocycles. The van der Waals surface area contributed by atoms with Crippen molar-refractivity contribution in [2.45, 2.75) is 6.54 Å². The second-order valence-electron chi connectivity index (χ2n) is 5.31. The maximum Gasteiger partial charge on any atom is 0.238 e. The van der Waals surface area contributed by atoms with Crippen molar-refractivity contribution in [3.05, 3.63) is 57.8 Å². The predicted octanol–water partition coefficient (Wildman–Crippen LogP) is 4.21. The van der Waals surface area contributed by atoms with Crippen molar-refractivity contribution >= 4 is 34.8 Å². The summed E-state index contributed by atoms with van der Waals surface area (Å²) in [6.07, 6.45) is 0. The number of nitrogens with one attached hydrogen (secondary N) is 1. The zero-order valence-corrected chi connectivity index (χ0v) is 14.8. The fraction of sp³-hybridized carbons (Fsp3) is 0.235. The van der Waals surface area contributed by atoms with E-state index in [0.717, 1.165) is 5.56 Å². The molecule has 0 saturated heterocycles. The van der Waals surface area contributed by atoms with E-state index >= 15 is 0 Å². The van der Waals surface area contributed by atoms with Gasteiger partial charge in [-0.1, -0.05) is 29.3 Å². The highest BCUT2D eigenvalue weighted by atomic mass is 35.5. The van der Waals surface area contributed by atoms with Gasteiger partial charge < -0.3 is 10.1 Å². The molecule has 0 aliphatic rings. The van der Waals surface area contributed by atoms with Crippen LogP contribution in [0.5, 0.6) is 5.75 Å². The van der Waals surface area contributed by atoms with Gasteiger partial charge in [0.2, 0.25) is 5.91 Å². The van der Waals surface area contributed by atoms with Gasteiger partial charge in [0.25, 0.3) is 0 Å². The topological polar surface area (TPSA) is 41.6 Å². The minimum Gasteiger partial charge on any atom is -0.494 e. The summed E-state index contributed by atoms with van der Waals surface area (Å²) in [4.78, 5) is 13.9. The van der Waals surface area contributed by atoms with E-state index < -0.39 is 5.82 Å². The lowest BCUT2D eigenvalue weighted by atomic mass is 10.2. The van der Waals surface area contributed by atoms with Crippen molar-refractivity contribution in [2.75, 3.05) is 26.0 Å². The Morgan fingerprint density at radius 1 is 1.25 bits per heavy atom. The number of ether oxygens (including phenoxy) is 1. The van der Waals surface area contributed by atoms with Gasteiger partial charge >= 0.3 is 0 Å². The zero-order valence-electron chi connectivity index (χ0n) is 13.3. The number of methoxy groups -OCH3 is 1. The molecule has 2 aromatic rings. The Morgan fingerprint density at radius 2 is 2.00 bits per heavy atom. The van der Waals surface area contributed by atoms with E-state index in [-0.39, 0.29) is 18.2 Å². The number of nitrogens with zero attached hydrogens (tertiary/aromatic N) is 1. The number of likely N-dealkylation sites (N-methyl/N-ethyl adjacent to an activating group) is 1. The summed E-state index contributed by atoms with van der Waals surface area (Å²) in [6, 6.07) is 9.55. The molecule has 0 saturated carbocycles. The number of amides is 1. The van der Waals surface area contributed by atoms with Crippen LogP contribution in [-0.2, 0) is 11.3 Å². The van der Waals surface area contributed by atoms with E-state index in [9.17, 15) is 9.18 Å². The van der Waals surface area contributed by atoms with Gasteiger partial charge in [0, 0.05) is 11.6 Å². The normalized spacial score (nSPS) is 10.8. The summed E-state index contributed by atoms with van der Waals surface area (Å²) in [5.74, 6) is -0.482. The quantitative estimate of drug-likeness (QED) is 0.827. The zero-order chi connectivity index (χ0) is 17.7. The Morgan fingerprint density at radius 3 is 2.67 bits per heavy atom. The highest BCUT2D eigenvalue weighted by Gasteiger charge is 2.11. The van der Waals surface area contributed by atoms with Gasteiger partial charge in [-0.3, -0.25) is 9.69 Å². The SMILES string of the molecule is COc1ccc(CN(C)CC(=O)Nc2cc(Cl)ccc2Cl)cc1F. The summed E-state index contributed by atoms with van der Waals surface area (Å²) in [5, 5.41) is 3.60. The van der Waals surface area contributed by atoms with E-state index in [1.54, 1.807) is 42.3 Å². The lowest BCUT2D eigenvalue weighted by Crippen LogP contribution is -2.30. The number of rotatable bonds is 6. The Hall–Kier alpha value is -1.82. The van der Waals surface area contributed by atoms with Crippen LogP contribution in [-0.4, -0.2) is 31.5 Å². The highest BCUT2D eigenvalue weighted by molar-refractivity contribution is 6.35. The minimum absolute atomic E-state index is 0.122. The summed E-state index contributed by atoms with van der Waals surface area (Å²) in [5.41, 5.74) is 1.20. The number of anilines is 1. The Bertz CT molecular complexity index is 741. The lowest BCUT2D eigenvalue weighted by Gasteiger charge is -2.17. The van der Waals surface area contributed by atoms with Crippen LogP contribution >= 0.6 is 23.2 Å². The Kier molecular flexibility index (Phi) is 6.43. The second kappa shape index (κ2) is 8.33. The third-order valence-corrected chi connectivity index (χ3v) is 3.85. The molecule has 0 fully saturated rings. The van der Waals surface area contributed by atoms with Crippen LogP contribution in [0.25, 0.3) is 0 Å². The molecule has 7 heteroatoms. The van der Waals surface area contributed by atoms with Crippen molar-refractivity contribution in [2.24, 2.45) is 0 Å². The van der Waals surface area contributed by atoms with Crippen LogP contribution in [0, 0.1) is 5.82 Å². The number of hydrogen-bond acceptors (Lipinski definition) is 3. The summed E-state index contributed by atoms with van der Waals surface area (Å²) >= 11 is 11.9. The van der Waals surface area contributed by atoms with Crippen LogP contribution in [0.4, 0.5) is 10.1 Å². The molecule has 1 N–H and O–H groups in total. The van der Waals surface area contributed by atoms with Crippen LogP contribution in [0.1, 0.15) is 5.56 Å². The molecule has 2 rings (SSSR count). The van der Waals surface area contributed by atoms with Crippen molar-refractivity contribution in [3.8, 4) is 5.75 Å².